The van der Waals surface area contributed by atoms with Crippen LogP contribution in [-0.2, 0) is 5.67 Å². The number of anilines is 1. The molecule has 1 aromatic carbocycles. The highest BCUT2D eigenvalue weighted by Gasteiger charge is 2.73. The first-order valence-electron chi connectivity index (χ1n) is 4.80. The Labute approximate surface area is 105 Å². The Morgan fingerprint density at radius 1 is 0.947 bits per heavy atom. The van der Waals surface area contributed by atoms with Crippen molar-refractivity contribution in [2.24, 2.45) is 0 Å². The number of nitrogens with two attached hydrogens (primary N) is 1. The Bertz CT molecular complexity index is 455. The Balaban J connectivity index is 3.62. The molecule has 0 bridgehead atoms. The lowest BCUT2D eigenvalue weighted by molar-refractivity contribution is -0.348. The van der Waals surface area contributed by atoms with Crippen LogP contribution in [0.4, 0.5) is 36.4 Å². The van der Waals surface area contributed by atoms with Crippen molar-refractivity contribution in [1.82, 2.24) is 0 Å². The third kappa shape index (κ3) is 2.37. The van der Waals surface area contributed by atoms with Crippen LogP contribution in [-0.4, -0.2) is 20.2 Å². The maximum absolute atomic E-state index is 13.7. The van der Waals surface area contributed by atoms with E-state index in [2.05, 4.69) is 0 Å². The van der Waals surface area contributed by atoms with Crippen LogP contribution in [0.1, 0.15) is 11.1 Å². The highest BCUT2D eigenvalue weighted by Crippen LogP contribution is 2.53. The first kappa shape index (κ1) is 15.7. The number of hydrogen-bond acceptors (Lipinski definition) is 1. The average Bonchev–Trinajstić information content (AvgIpc) is 2.20. The Kier molecular flexibility index (Phi) is 3.55. The van der Waals surface area contributed by atoms with Crippen molar-refractivity contribution in [1.29, 1.82) is 0 Å². The number of aryl methyl sites for hydroxylation is 1. The average molecular weight is 285 g/mol. The van der Waals surface area contributed by atoms with Gasteiger partial charge in [-0.05, 0) is 12.5 Å². The van der Waals surface area contributed by atoms with Gasteiger partial charge in [0.15, 0.2) is 0 Å². The molecule has 0 aliphatic heterocycles. The third-order valence-electron chi connectivity index (χ3n) is 2.60. The van der Waals surface area contributed by atoms with Crippen molar-refractivity contribution in [3.05, 3.63) is 23.3 Å². The number of rotatable bonds is 1. The number of hydrogen-bond donors (Lipinski definition) is 1. The van der Waals surface area contributed by atoms with Gasteiger partial charge in [-0.2, -0.15) is 26.3 Å². The predicted molar refractivity (Wildman–Crippen MR) is 55.9 cm³/mol. The summed E-state index contributed by atoms with van der Waals surface area (Å²) in [6, 6.07) is 0.621. The van der Waals surface area contributed by atoms with Crippen LogP contribution in [0.3, 0.4) is 0 Å². The van der Waals surface area contributed by atoms with E-state index in [-0.39, 0.29) is 17.3 Å². The molecule has 0 atom stereocenters. The van der Waals surface area contributed by atoms with Gasteiger partial charge in [0.1, 0.15) is 7.85 Å². The zero-order valence-electron chi connectivity index (χ0n) is 9.46. The second-order valence-corrected chi connectivity index (χ2v) is 3.95. The first-order valence-corrected chi connectivity index (χ1v) is 4.80. The van der Waals surface area contributed by atoms with Crippen LogP contribution in [0.2, 0.25) is 0 Å². The summed E-state index contributed by atoms with van der Waals surface area (Å²) in [7, 11) is 5.18. The van der Waals surface area contributed by atoms with E-state index in [9.17, 15) is 30.7 Å². The molecule has 1 nitrogen and oxygen atoms in total. The quantitative estimate of drug-likeness (QED) is 0.479. The molecule has 9 heteroatoms. The van der Waals surface area contributed by atoms with Gasteiger partial charge in [0, 0.05) is 11.3 Å². The van der Waals surface area contributed by atoms with Crippen LogP contribution < -0.4 is 11.2 Å². The molecule has 2 radical (unpaired) electrons. The van der Waals surface area contributed by atoms with E-state index < -0.39 is 29.0 Å². The fraction of sp³-hybridized carbons (Fsp3) is 0.400. The lowest BCUT2D eigenvalue weighted by atomic mass is 9.84. The molecule has 0 unspecified atom stereocenters. The summed E-state index contributed by atoms with van der Waals surface area (Å²) in [5, 5.41) is 0. The van der Waals surface area contributed by atoms with Gasteiger partial charge in [-0.15, -0.1) is 0 Å². The minimum atomic E-state index is -6.17. The largest absolute Gasteiger partial charge is 0.435 e. The minimum absolute atomic E-state index is 0.175. The SMILES string of the molecule is [B]c1cc(C(F)(C(F)(F)F)C(F)(F)F)cc(C)c1N. The van der Waals surface area contributed by atoms with Crippen LogP contribution >= 0.6 is 0 Å². The molecule has 0 aliphatic rings. The summed E-state index contributed by atoms with van der Waals surface area (Å²) in [4.78, 5) is 0. The normalized spacial score (nSPS) is 13.7. The van der Waals surface area contributed by atoms with Crippen LogP contribution in [0.15, 0.2) is 12.1 Å². The second-order valence-electron chi connectivity index (χ2n) is 3.95. The van der Waals surface area contributed by atoms with E-state index in [1.165, 1.54) is 0 Å². The standard InChI is InChI=1S/C10H7BF7N/c1-4-2-5(3-6(11)7(4)19)8(12,9(13,14)15)10(16,17)18/h2-3H,19H2,1H3. The third-order valence-corrected chi connectivity index (χ3v) is 2.60. The van der Waals surface area contributed by atoms with Gasteiger partial charge < -0.3 is 5.73 Å². The lowest BCUT2D eigenvalue weighted by Gasteiger charge is -2.31. The fourth-order valence-corrected chi connectivity index (χ4v) is 1.51. The fourth-order valence-electron chi connectivity index (χ4n) is 1.51. The Morgan fingerprint density at radius 3 is 1.68 bits per heavy atom. The zero-order valence-corrected chi connectivity index (χ0v) is 9.46. The molecule has 0 saturated carbocycles. The van der Waals surface area contributed by atoms with Crippen molar-refractivity contribution in [2.75, 3.05) is 5.73 Å². The molecular weight excluding hydrogens is 278 g/mol. The van der Waals surface area contributed by atoms with E-state index in [4.69, 9.17) is 13.6 Å². The maximum Gasteiger partial charge on any atom is 0.435 e. The molecule has 19 heavy (non-hydrogen) atoms. The molecule has 0 heterocycles. The van der Waals surface area contributed by atoms with Gasteiger partial charge in [-0.1, -0.05) is 17.6 Å². The molecule has 0 amide bonds. The van der Waals surface area contributed by atoms with E-state index in [1.807, 2.05) is 0 Å². The van der Waals surface area contributed by atoms with E-state index in [0.717, 1.165) is 6.92 Å². The Hall–Kier alpha value is -1.41. The molecule has 1 aromatic rings. The van der Waals surface area contributed by atoms with Crippen LogP contribution in [0.25, 0.3) is 0 Å². The molecule has 0 fully saturated rings. The van der Waals surface area contributed by atoms with Crippen LogP contribution in [0, 0.1) is 6.92 Å². The van der Waals surface area contributed by atoms with E-state index in [0.29, 0.717) is 6.07 Å². The lowest BCUT2D eigenvalue weighted by Crippen LogP contribution is -2.50. The molecule has 2 N–H and O–H groups in total. The monoisotopic (exact) mass is 285 g/mol. The van der Waals surface area contributed by atoms with Crippen molar-refractivity contribution < 1.29 is 30.7 Å². The van der Waals surface area contributed by atoms with Gasteiger partial charge in [0.2, 0.25) is 0 Å². The minimum Gasteiger partial charge on any atom is -0.399 e. The highest BCUT2D eigenvalue weighted by molar-refractivity contribution is 6.35. The van der Waals surface area contributed by atoms with Gasteiger partial charge in [-0.3, -0.25) is 0 Å². The van der Waals surface area contributed by atoms with Crippen molar-refractivity contribution >= 4 is 19.0 Å². The van der Waals surface area contributed by atoms with Crippen molar-refractivity contribution in [3.63, 3.8) is 0 Å². The summed E-state index contributed by atoms with van der Waals surface area (Å²) < 4.78 is 88.6. The van der Waals surface area contributed by atoms with Crippen molar-refractivity contribution in [2.45, 2.75) is 24.9 Å². The predicted octanol–water partition coefficient (Wildman–Crippen LogP) is 2.66. The topological polar surface area (TPSA) is 26.0 Å². The first-order chi connectivity index (χ1) is 8.32. The van der Waals surface area contributed by atoms with Gasteiger partial charge >= 0.3 is 18.0 Å². The number of nitrogen functional groups attached to an aromatic ring is 1. The molecule has 0 saturated heterocycles. The molecule has 1 rings (SSSR count). The van der Waals surface area contributed by atoms with Gasteiger partial charge in [0.25, 0.3) is 0 Å². The van der Waals surface area contributed by atoms with Gasteiger partial charge in [-0.25, -0.2) is 4.39 Å². The summed E-state index contributed by atoms with van der Waals surface area (Å²) in [6.07, 6.45) is -12.3. The number of benzene rings is 1. The molecular formula is C10H7BF7N. The van der Waals surface area contributed by atoms with Crippen molar-refractivity contribution in [3.8, 4) is 0 Å². The number of alkyl halides is 7. The summed E-state index contributed by atoms with van der Waals surface area (Å²) in [6.45, 7) is 1.13. The Morgan fingerprint density at radius 2 is 1.37 bits per heavy atom. The second kappa shape index (κ2) is 4.31. The molecule has 0 aromatic heterocycles. The van der Waals surface area contributed by atoms with E-state index in [1.54, 1.807) is 0 Å². The highest BCUT2D eigenvalue weighted by atomic mass is 19.4. The van der Waals surface area contributed by atoms with Crippen LogP contribution in [0.5, 0.6) is 0 Å². The summed E-state index contributed by atoms with van der Waals surface area (Å²) in [5.74, 6) is 0. The zero-order chi connectivity index (χ0) is 15.2. The maximum atomic E-state index is 13.7. The van der Waals surface area contributed by atoms with Gasteiger partial charge in [0.05, 0.1) is 0 Å². The smallest absolute Gasteiger partial charge is 0.399 e. The van der Waals surface area contributed by atoms with E-state index >= 15 is 0 Å². The molecule has 104 valence electrons. The number of halogens is 7. The molecule has 0 aliphatic carbocycles. The molecule has 0 spiro atoms. The summed E-state index contributed by atoms with van der Waals surface area (Å²) >= 11 is 0. The summed E-state index contributed by atoms with van der Waals surface area (Å²) in [5.41, 5.74) is -2.76.